The lowest BCUT2D eigenvalue weighted by Gasteiger charge is -2.05. The van der Waals surface area contributed by atoms with E-state index in [4.69, 9.17) is 17.2 Å². The number of aromatic amines is 3. The number of Topliss-reactive ketones (excluding diaryl/α,β-unsaturated/α-hetero) is 3. The first-order chi connectivity index (χ1) is 43.6. The van der Waals surface area contributed by atoms with Crippen LogP contribution in [0, 0.1) is 0 Å². The molecule has 90 heavy (non-hydrogen) atoms. The summed E-state index contributed by atoms with van der Waals surface area (Å²) >= 11 is 0. The predicted octanol–water partition coefficient (Wildman–Crippen LogP) is 7.97. The summed E-state index contributed by atoms with van der Waals surface area (Å²) in [5.41, 5.74) is 34.4. The number of imidazole rings is 3. The third kappa shape index (κ3) is 10.4. The quantitative estimate of drug-likeness (QED) is 0.0424. The number of fused-ring (bicyclic) bond motifs is 6. The second-order valence-corrected chi connectivity index (χ2v) is 21.2. The topological polar surface area (TPSA) is 353 Å². The number of H-pyrrole nitrogens is 3. The molecule has 24 heteroatoms. The molecule has 0 atom stereocenters. The highest BCUT2D eigenvalue weighted by atomic mass is 16.5. The number of carbonyl (C=O) groups excluding carboxylic acids is 6. The van der Waals surface area contributed by atoms with E-state index in [9.17, 15) is 28.8 Å². The number of aromatic nitrogens is 12. The van der Waals surface area contributed by atoms with E-state index >= 15 is 0 Å². The third-order valence-electron chi connectivity index (χ3n) is 15.7. The number of anilines is 3. The number of carbonyl (C=O) groups is 6. The van der Waals surface area contributed by atoms with Crippen molar-refractivity contribution < 1.29 is 33.5 Å². The zero-order valence-corrected chi connectivity index (χ0v) is 48.3. The molecular formula is C66H53N17O7. The molecular weight excluding hydrogens is 1140 g/mol. The van der Waals surface area contributed by atoms with Gasteiger partial charge in [0, 0.05) is 50.1 Å². The monoisotopic (exact) mass is 1200 g/mol. The van der Waals surface area contributed by atoms with Gasteiger partial charge in [-0.15, -0.1) is 0 Å². The fraction of sp³-hybridized carbons (Fsp3) is 0.0909. The van der Waals surface area contributed by atoms with Crippen molar-refractivity contribution in [2.75, 3.05) is 38.4 Å². The molecule has 444 valence electrons. The Hall–Kier alpha value is -12.6. The van der Waals surface area contributed by atoms with Crippen molar-refractivity contribution in [2.24, 2.45) is 0 Å². The molecule has 0 unspecified atom stereocenters. The minimum absolute atomic E-state index is 0.113. The Morgan fingerprint density at radius 3 is 1.07 bits per heavy atom. The highest BCUT2D eigenvalue weighted by Gasteiger charge is 2.28. The molecule has 12 aromatic rings. The number of hydrogen-bond donors (Lipinski definition) is 8. The van der Waals surface area contributed by atoms with Gasteiger partial charge < -0.3 is 47.5 Å². The lowest BCUT2D eigenvalue weighted by atomic mass is 10.0. The van der Waals surface area contributed by atoms with E-state index in [1.807, 2.05) is 91.0 Å². The van der Waals surface area contributed by atoms with E-state index in [-0.39, 0.29) is 64.1 Å². The van der Waals surface area contributed by atoms with Gasteiger partial charge >= 0.3 is 5.97 Å². The van der Waals surface area contributed by atoms with Crippen LogP contribution in [0.5, 0.6) is 0 Å². The molecule has 24 nitrogen and oxygen atoms in total. The van der Waals surface area contributed by atoms with Crippen LogP contribution < -0.4 is 27.8 Å². The van der Waals surface area contributed by atoms with Gasteiger partial charge in [0.25, 0.3) is 11.8 Å². The number of nitrogens with two attached hydrogens (primary N) is 3. The number of nitrogens with one attached hydrogen (secondary N) is 5. The number of benzene rings is 6. The summed E-state index contributed by atoms with van der Waals surface area (Å²) in [6.45, 7) is 0. The number of ketones is 3. The molecule has 0 radical (unpaired) electrons. The number of nitrogen functional groups attached to an aromatic ring is 3. The lowest BCUT2D eigenvalue weighted by molar-refractivity contribution is 0.0587. The maximum absolute atomic E-state index is 13.0. The Morgan fingerprint density at radius 2 is 0.756 bits per heavy atom. The largest absolute Gasteiger partial charge is 0.463 e. The molecule has 2 amide bonds. The fourth-order valence-electron chi connectivity index (χ4n) is 11.0. The van der Waals surface area contributed by atoms with Crippen molar-refractivity contribution in [3.63, 3.8) is 0 Å². The van der Waals surface area contributed by atoms with E-state index in [1.54, 1.807) is 68.7 Å². The van der Waals surface area contributed by atoms with Crippen LogP contribution in [0.15, 0.2) is 163 Å². The molecule has 0 spiro atoms. The highest BCUT2D eigenvalue weighted by molar-refractivity contribution is 6.17. The molecule has 0 saturated heterocycles. The van der Waals surface area contributed by atoms with Gasteiger partial charge in [0.15, 0.2) is 29.0 Å². The summed E-state index contributed by atoms with van der Waals surface area (Å²) in [5, 5.41) is 18.0. The Bertz CT molecular complexity index is 4580. The normalized spacial score (nSPS) is 12.6. The third-order valence-corrected chi connectivity index (χ3v) is 15.7. The van der Waals surface area contributed by atoms with Crippen LogP contribution >= 0.6 is 0 Å². The number of amides is 2. The molecule has 6 aromatic heterocycles. The number of rotatable bonds is 12. The summed E-state index contributed by atoms with van der Waals surface area (Å²) in [4.78, 5) is 96.0. The molecule has 6 heterocycles. The Morgan fingerprint density at radius 1 is 0.444 bits per heavy atom. The van der Waals surface area contributed by atoms with Crippen LogP contribution in [0.2, 0.25) is 0 Å². The fourth-order valence-corrected chi connectivity index (χ4v) is 11.0. The summed E-state index contributed by atoms with van der Waals surface area (Å²) in [5.74, 6) is -0.192. The first-order valence-corrected chi connectivity index (χ1v) is 28.2. The standard InChI is InChI=1S/2C22H18N6O2.C22H17N5O3/c2*1-24-22(30)21-26-17-7-6-15(10-18(17)27-21)28-20(23)16(11-25-28)19(29)14-8-12-4-2-3-5-13(12)9-14;1-30-22(29)21-25-17-7-6-15(10-18(17)26-21)27-20(23)16(11-24-27)19(28)14-8-12-4-2-3-5-13(12)9-14/h2*2-8,10-11H,9,23H2,1H3,(H,24,30)(H,26,27);2-8,10-11H,9,23H2,1H3,(H,25,26). The number of hydrogen-bond acceptors (Lipinski definition) is 16. The number of ether oxygens (including phenoxy) is 1. The SMILES string of the molecule is CNC(=O)c1nc2ccc(-n3ncc(C(=O)C4=Cc5ccccc5C4)c3N)cc2[nH]1.CNC(=O)c1nc2ccc(-n3ncc(C(=O)C4=Cc5ccccc5C4)c3N)cc2[nH]1.COC(=O)c1nc2ccc(-n3ncc(C(=O)C4=Cc5ccccc5C4)c3N)cc2[nH]1. The van der Waals surface area contributed by atoms with Gasteiger partial charge in [0.05, 0.1) is 92.6 Å². The van der Waals surface area contributed by atoms with E-state index in [1.165, 1.54) is 39.7 Å². The first-order valence-electron chi connectivity index (χ1n) is 28.2. The van der Waals surface area contributed by atoms with Crippen molar-refractivity contribution in [1.29, 1.82) is 0 Å². The van der Waals surface area contributed by atoms with Gasteiger partial charge in [0.2, 0.25) is 5.82 Å². The predicted molar refractivity (Wildman–Crippen MR) is 338 cm³/mol. The molecule has 0 bridgehead atoms. The van der Waals surface area contributed by atoms with Crippen LogP contribution in [0.3, 0.4) is 0 Å². The van der Waals surface area contributed by atoms with Gasteiger partial charge in [-0.05, 0) is 106 Å². The second-order valence-electron chi connectivity index (χ2n) is 21.2. The van der Waals surface area contributed by atoms with Crippen LogP contribution in [0.25, 0.3) is 68.4 Å². The van der Waals surface area contributed by atoms with Gasteiger partial charge in [0.1, 0.15) is 17.5 Å². The smallest absolute Gasteiger partial charge is 0.374 e. The highest BCUT2D eigenvalue weighted by Crippen LogP contribution is 2.33. The van der Waals surface area contributed by atoms with Gasteiger partial charge in [-0.1, -0.05) is 72.8 Å². The number of methoxy groups -OCH3 is 1. The van der Waals surface area contributed by atoms with Crippen LogP contribution in [0.4, 0.5) is 17.5 Å². The van der Waals surface area contributed by atoms with E-state index in [0.29, 0.717) is 103 Å². The summed E-state index contributed by atoms with van der Waals surface area (Å²) in [6, 6.07) is 39.8. The minimum Gasteiger partial charge on any atom is -0.463 e. The zero-order valence-electron chi connectivity index (χ0n) is 48.3. The van der Waals surface area contributed by atoms with Crippen LogP contribution in [0.1, 0.15) is 96.3 Å². The average Bonchev–Trinajstić information content (AvgIpc) is 2.03. The Kier molecular flexibility index (Phi) is 14.5. The first kappa shape index (κ1) is 56.5. The minimum atomic E-state index is -0.551. The van der Waals surface area contributed by atoms with Crippen molar-refractivity contribution in [3.05, 3.63) is 230 Å². The Labute approximate surface area is 510 Å². The average molecular weight is 1200 g/mol. The molecule has 0 fully saturated rings. The second kappa shape index (κ2) is 23.0. The maximum atomic E-state index is 13.0. The summed E-state index contributed by atoms with van der Waals surface area (Å²) in [6.07, 6.45) is 11.9. The Balaban J connectivity index is 0.000000124. The molecule has 0 saturated carbocycles. The van der Waals surface area contributed by atoms with Gasteiger partial charge in [-0.2, -0.15) is 15.3 Å². The van der Waals surface area contributed by atoms with Crippen molar-refractivity contribution >= 4 is 104 Å². The van der Waals surface area contributed by atoms with Crippen LogP contribution in [-0.4, -0.2) is 116 Å². The van der Waals surface area contributed by atoms with Crippen molar-refractivity contribution in [2.45, 2.75) is 19.3 Å². The van der Waals surface area contributed by atoms with Gasteiger partial charge in [-0.25, -0.2) is 33.8 Å². The molecule has 0 aliphatic heterocycles. The van der Waals surface area contributed by atoms with Crippen molar-refractivity contribution in [3.8, 4) is 17.1 Å². The molecule has 11 N–H and O–H groups in total. The van der Waals surface area contributed by atoms with Gasteiger partial charge in [-0.3, -0.25) is 24.0 Å². The van der Waals surface area contributed by atoms with Crippen LogP contribution in [-0.2, 0) is 24.0 Å². The number of esters is 1. The molecule has 6 aromatic carbocycles. The van der Waals surface area contributed by atoms with E-state index < -0.39 is 5.97 Å². The molecule has 15 rings (SSSR count). The summed E-state index contributed by atoms with van der Waals surface area (Å²) < 4.78 is 9.20. The van der Waals surface area contributed by atoms with Crippen molar-refractivity contribution in [1.82, 2.24) is 69.9 Å². The number of nitrogens with zero attached hydrogens (tertiary/aromatic N) is 9. The molecule has 3 aliphatic rings. The maximum Gasteiger partial charge on any atom is 0.374 e. The number of allylic oxidation sites excluding steroid dienone is 3. The zero-order chi connectivity index (χ0) is 62.5. The van der Waals surface area contributed by atoms with E-state index in [0.717, 1.165) is 33.4 Å². The lowest BCUT2D eigenvalue weighted by Crippen LogP contribution is -2.19. The summed E-state index contributed by atoms with van der Waals surface area (Å²) in [7, 11) is 4.38. The molecule has 3 aliphatic carbocycles. The van der Waals surface area contributed by atoms with E-state index in [2.05, 4.69) is 60.6 Å².